The number of hydrogen-bond acceptors (Lipinski definition) is 1. The van der Waals surface area contributed by atoms with E-state index in [4.69, 9.17) is 0 Å². The summed E-state index contributed by atoms with van der Waals surface area (Å²) in [5, 5.41) is 0. The molecule has 0 radical (unpaired) electrons. The number of aryl methyl sites for hydroxylation is 1. The minimum atomic E-state index is -0.0802. The molecule has 0 aromatic heterocycles. The summed E-state index contributed by atoms with van der Waals surface area (Å²) in [6, 6.07) is 1.70. The SMILES string of the molecule is C=C1CCC2=C(C=C3C(=C)/C(=C4/CCCc5c(C)c(F)cc(C)c54)CN3C2=C)C1. The molecule has 2 aliphatic carbocycles. The van der Waals surface area contributed by atoms with Crippen LogP contribution in [0, 0.1) is 19.7 Å². The molecule has 2 heterocycles. The third-order valence-electron chi connectivity index (χ3n) is 7.19. The van der Waals surface area contributed by atoms with Crippen molar-refractivity contribution in [3.63, 3.8) is 0 Å². The maximum absolute atomic E-state index is 14.4. The number of hydrogen-bond donors (Lipinski definition) is 0. The van der Waals surface area contributed by atoms with Crippen molar-refractivity contribution >= 4 is 5.57 Å². The zero-order chi connectivity index (χ0) is 20.4. The van der Waals surface area contributed by atoms with Crippen molar-refractivity contribution < 1.29 is 4.39 Å². The number of rotatable bonds is 0. The summed E-state index contributed by atoms with van der Waals surface area (Å²) < 4.78 is 14.4. The molecule has 2 heteroatoms. The van der Waals surface area contributed by atoms with Gasteiger partial charge in [-0.25, -0.2) is 4.39 Å². The van der Waals surface area contributed by atoms with Crippen LogP contribution in [0.1, 0.15) is 54.4 Å². The molecule has 1 aromatic carbocycles. The highest BCUT2D eigenvalue weighted by molar-refractivity contribution is 5.82. The minimum Gasteiger partial charge on any atom is -0.337 e. The van der Waals surface area contributed by atoms with E-state index in [-0.39, 0.29) is 5.82 Å². The summed E-state index contributed by atoms with van der Waals surface area (Å²) in [4.78, 5) is 2.34. The molecule has 148 valence electrons. The minimum absolute atomic E-state index is 0.0802. The smallest absolute Gasteiger partial charge is 0.126 e. The average Bonchev–Trinajstić information content (AvgIpc) is 3.02. The van der Waals surface area contributed by atoms with Gasteiger partial charge in [0.05, 0.1) is 0 Å². The Kier molecular flexibility index (Phi) is 4.10. The van der Waals surface area contributed by atoms with Gasteiger partial charge in [-0.3, -0.25) is 0 Å². The molecule has 1 aromatic rings. The predicted octanol–water partition coefficient (Wildman–Crippen LogP) is 6.85. The molecule has 1 fully saturated rings. The van der Waals surface area contributed by atoms with Gasteiger partial charge in [0.1, 0.15) is 5.82 Å². The first-order chi connectivity index (χ1) is 13.9. The summed E-state index contributed by atoms with van der Waals surface area (Å²) in [6.45, 7) is 17.9. The lowest BCUT2D eigenvalue weighted by Crippen LogP contribution is -2.24. The van der Waals surface area contributed by atoms with Crippen LogP contribution in [0.2, 0.25) is 0 Å². The van der Waals surface area contributed by atoms with Crippen molar-refractivity contribution in [3.05, 3.63) is 99.2 Å². The standard InChI is InChI=1S/C27H28FN/c1-15-9-10-22-19(5)29-14-24(18(4)26(29)13-20(22)11-15)23-8-6-7-21-17(3)25(28)12-16(2)27(21)23/h12-13H,1,4-11,14H2,2-3H3/b24-23-. The van der Waals surface area contributed by atoms with Gasteiger partial charge in [0.15, 0.2) is 0 Å². The number of allylic oxidation sites excluding steroid dienone is 6. The zero-order valence-corrected chi connectivity index (χ0v) is 17.6. The average molecular weight is 386 g/mol. The van der Waals surface area contributed by atoms with Gasteiger partial charge >= 0.3 is 0 Å². The summed E-state index contributed by atoms with van der Waals surface area (Å²) in [5.41, 5.74) is 14.5. The van der Waals surface area contributed by atoms with E-state index in [0.29, 0.717) is 0 Å². The quantitative estimate of drug-likeness (QED) is 0.441. The number of fused-ring (bicyclic) bond motifs is 2. The van der Waals surface area contributed by atoms with Crippen molar-refractivity contribution in [1.82, 2.24) is 4.90 Å². The highest BCUT2D eigenvalue weighted by atomic mass is 19.1. The molecule has 0 unspecified atom stereocenters. The van der Waals surface area contributed by atoms with Gasteiger partial charge in [0.2, 0.25) is 0 Å². The molecule has 1 saturated heterocycles. The highest BCUT2D eigenvalue weighted by Gasteiger charge is 2.36. The third kappa shape index (κ3) is 2.65. The fraction of sp³-hybridized carbons (Fsp3) is 0.333. The largest absolute Gasteiger partial charge is 0.337 e. The van der Waals surface area contributed by atoms with Gasteiger partial charge in [-0.05, 0) is 115 Å². The second kappa shape index (κ2) is 6.45. The van der Waals surface area contributed by atoms with E-state index in [0.717, 1.165) is 67.5 Å². The molecule has 0 N–H and O–H groups in total. The number of halogens is 1. The Morgan fingerprint density at radius 3 is 2.55 bits per heavy atom. The lowest BCUT2D eigenvalue weighted by atomic mass is 9.79. The van der Waals surface area contributed by atoms with Crippen LogP contribution < -0.4 is 0 Å². The monoisotopic (exact) mass is 385 g/mol. The summed E-state index contributed by atoms with van der Waals surface area (Å²) in [6.07, 6.45) is 8.41. The second-order valence-corrected chi connectivity index (χ2v) is 8.94. The Hall–Kier alpha value is -2.61. The molecule has 0 saturated carbocycles. The molecule has 5 rings (SSSR count). The van der Waals surface area contributed by atoms with E-state index in [9.17, 15) is 4.39 Å². The first-order valence-electron chi connectivity index (χ1n) is 10.6. The Morgan fingerprint density at radius 1 is 0.966 bits per heavy atom. The van der Waals surface area contributed by atoms with Crippen LogP contribution in [0.3, 0.4) is 0 Å². The van der Waals surface area contributed by atoms with E-state index in [1.165, 1.54) is 44.7 Å². The predicted molar refractivity (Wildman–Crippen MR) is 119 cm³/mol. The first kappa shape index (κ1) is 18.4. The molecule has 29 heavy (non-hydrogen) atoms. The van der Waals surface area contributed by atoms with Gasteiger partial charge in [0.25, 0.3) is 0 Å². The highest BCUT2D eigenvalue weighted by Crippen LogP contribution is 2.48. The zero-order valence-electron chi connectivity index (χ0n) is 17.6. The van der Waals surface area contributed by atoms with Gasteiger partial charge in [0, 0.05) is 17.9 Å². The lowest BCUT2D eigenvalue weighted by molar-refractivity contribution is 0.501. The Labute approximate surface area is 173 Å². The Balaban J connectivity index is 1.64. The molecule has 0 atom stereocenters. The van der Waals surface area contributed by atoms with Crippen molar-refractivity contribution in [3.8, 4) is 0 Å². The molecule has 1 nitrogen and oxygen atoms in total. The number of benzene rings is 1. The molecule has 4 aliphatic rings. The van der Waals surface area contributed by atoms with E-state index in [1.54, 1.807) is 6.07 Å². The normalized spacial score (nSPS) is 23.9. The topological polar surface area (TPSA) is 3.24 Å². The molecule has 0 spiro atoms. The lowest BCUT2D eigenvalue weighted by Gasteiger charge is -2.33. The number of nitrogens with zero attached hydrogens (tertiary/aromatic N) is 1. The second-order valence-electron chi connectivity index (χ2n) is 8.94. The summed E-state index contributed by atoms with van der Waals surface area (Å²) in [7, 11) is 0. The third-order valence-corrected chi connectivity index (χ3v) is 7.19. The maximum Gasteiger partial charge on any atom is 0.126 e. The Bertz CT molecular complexity index is 1110. The fourth-order valence-corrected chi connectivity index (χ4v) is 5.60. The first-order valence-corrected chi connectivity index (χ1v) is 10.6. The van der Waals surface area contributed by atoms with Crippen molar-refractivity contribution in [2.45, 2.75) is 52.4 Å². The Morgan fingerprint density at radius 2 is 1.76 bits per heavy atom. The van der Waals surface area contributed by atoms with Gasteiger partial charge in [-0.15, -0.1) is 0 Å². The summed E-state index contributed by atoms with van der Waals surface area (Å²) in [5.74, 6) is -0.0802. The van der Waals surface area contributed by atoms with Crippen LogP contribution in [-0.4, -0.2) is 11.4 Å². The van der Waals surface area contributed by atoms with E-state index < -0.39 is 0 Å². The molecule has 0 bridgehead atoms. The van der Waals surface area contributed by atoms with Crippen LogP contribution in [0.4, 0.5) is 4.39 Å². The van der Waals surface area contributed by atoms with Crippen LogP contribution in [-0.2, 0) is 6.42 Å². The van der Waals surface area contributed by atoms with Crippen LogP contribution in [0.5, 0.6) is 0 Å². The van der Waals surface area contributed by atoms with E-state index >= 15 is 0 Å². The van der Waals surface area contributed by atoms with E-state index in [1.807, 2.05) is 13.8 Å². The van der Waals surface area contributed by atoms with E-state index in [2.05, 4.69) is 30.7 Å². The maximum atomic E-state index is 14.4. The fourth-order valence-electron chi connectivity index (χ4n) is 5.60. The molecular formula is C27H28FN. The van der Waals surface area contributed by atoms with Crippen LogP contribution in [0.15, 0.2) is 71.1 Å². The van der Waals surface area contributed by atoms with Gasteiger partial charge in [-0.2, -0.15) is 0 Å². The van der Waals surface area contributed by atoms with Crippen molar-refractivity contribution in [1.29, 1.82) is 0 Å². The molecular weight excluding hydrogens is 357 g/mol. The van der Waals surface area contributed by atoms with Crippen LogP contribution >= 0.6 is 0 Å². The van der Waals surface area contributed by atoms with Crippen molar-refractivity contribution in [2.24, 2.45) is 0 Å². The van der Waals surface area contributed by atoms with Gasteiger partial charge in [-0.1, -0.05) is 25.3 Å². The van der Waals surface area contributed by atoms with Gasteiger partial charge < -0.3 is 4.90 Å². The molecule has 2 aliphatic heterocycles. The summed E-state index contributed by atoms with van der Waals surface area (Å²) >= 11 is 0. The molecule has 0 amide bonds. The van der Waals surface area contributed by atoms with Crippen molar-refractivity contribution in [2.75, 3.05) is 6.54 Å². The van der Waals surface area contributed by atoms with Crippen LogP contribution in [0.25, 0.3) is 5.57 Å².